The van der Waals surface area contributed by atoms with E-state index in [1.807, 2.05) is 62.4 Å². The number of fused-ring (bicyclic) bond motifs is 1. The maximum absolute atomic E-state index is 11.9. The predicted molar refractivity (Wildman–Crippen MR) is 104 cm³/mol. The second kappa shape index (κ2) is 8.39. The minimum atomic E-state index is -0.161. The van der Waals surface area contributed by atoms with E-state index in [9.17, 15) is 4.79 Å². The highest BCUT2D eigenvalue weighted by atomic mass is 16.5. The highest BCUT2D eigenvalue weighted by Crippen LogP contribution is 2.20. The molecule has 0 unspecified atom stereocenters. The van der Waals surface area contributed by atoms with Crippen LogP contribution in [0.4, 0.5) is 0 Å². The monoisotopic (exact) mass is 349 g/mol. The summed E-state index contributed by atoms with van der Waals surface area (Å²) in [5, 5.41) is 5.11. The number of ether oxygens (including phenoxy) is 2. The lowest BCUT2D eigenvalue weighted by Gasteiger charge is -2.10. The summed E-state index contributed by atoms with van der Waals surface area (Å²) in [6.45, 7) is 4.85. The van der Waals surface area contributed by atoms with Gasteiger partial charge in [-0.15, -0.1) is 0 Å². The van der Waals surface area contributed by atoms with Gasteiger partial charge in [0.15, 0.2) is 6.61 Å². The third-order valence-corrected chi connectivity index (χ3v) is 3.98. The molecule has 26 heavy (non-hydrogen) atoms. The highest BCUT2D eigenvalue weighted by molar-refractivity contribution is 5.83. The third-order valence-electron chi connectivity index (χ3n) is 3.98. The Morgan fingerprint density at radius 1 is 0.846 bits per heavy atom. The molecule has 0 fully saturated rings. The van der Waals surface area contributed by atoms with Gasteiger partial charge in [-0.3, -0.25) is 4.79 Å². The summed E-state index contributed by atoms with van der Waals surface area (Å²) in [4.78, 5) is 11.9. The smallest absolute Gasteiger partial charge is 0.258 e. The third kappa shape index (κ3) is 4.99. The molecule has 1 amide bonds. The molecule has 0 heterocycles. The largest absolute Gasteiger partial charge is 0.492 e. The van der Waals surface area contributed by atoms with E-state index in [4.69, 9.17) is 9.47 Å². The van der Waals surface area contributed by atoms with E-state index in [1.54, 1.807) is 0 Å². The Morgan fingerprint density at radius 3 is 2.35 bits per heavy atom. The summed E-state index contributed by atoms with van der Waals surface area (Å²) in [6.07, 6.45) is 0. The van der Waals surface area contributed by atoms with Crippen molar-refractivity contribution in [3.05, 3.63) is 71.8 Å². The van der Waals surface area contributed by atoms with Crippen molar-refractivity contribution < 1.29 is 14.3 Å². The molecule has 0 atom stereocenters. The van der Waals surface area contributed by atoms with Crippen LogP contribution in [0.2, 0.25) is 0 Å². The molecular formula is C22H23NO3. The second-order valence-electron chi connectivity index (χ2n) is 6.32. The Morgan fingerprint density at radius 2 is 1.58 bits per heavy atom. The first-order chi connectivity index (χ1) is 12.6. The Hall–Kier alpha value is -3.01. The highest BCUT2D eigenvalue weighted by Gasteiger charge is 2.04. The van der Waals surface area contributed by atoms with Crippen molar-refractivity contribution in [3.63, 3.8) is 0 Å². The van der Waals surface area contributed by atoms with Crippen LogP contribution in [0.5, 0.6) is 11.5 Å². The number of benzene rings is 3. The van der Waals surface area contributed by atoms with Crippen LogP contribution in [0.3, 0.4) is 0 Å². The number of hydrogen-bond acceptors (Lipinski definition) is 3. The van der Waals surface area contributed by atoms with Gasteiger partial charge in [0.25, 0.3) is 5.91 Å². The summed E-state index contributed by atoms with van der Waals surface area (Å²) in [5.41, 5.74) is 2.23. The molecule has 0 aliphatic rings. The molecule has 4 nitrogen and oxygen atoms in total. The zero-order valence-electron chi connectivity index (χ0n) is 15.1. The van der Waals surface area contributed by atoms with E-state index in [2.05, 4.69) is 17.4 Å². The molecule has 4 heteroatoms. The van der Waals surface area contributed by atoms with Crippen molar-refractivity contribution in [2.45, 2.75) is 13.8 Å². The topological polar surface area (TPSA) is 47.6 Å². The lowest BCUT2D eigenvalue weighted by Crippen LogP contribution is -2.32. The van der Waals surface area contributed by atoms with Crippen LogP contribution >= 0.6 is 0 Å². The molecule has 0 bridgehead atoms. The van der Waals surface area contributed by atoms with Gasteiger partial charge in [0.1, 0.15) is 18.1 Å². The molecule has 0 aromatic heterocycles. The van der Waals surface area contributed by atoms with Crippen molar-refractivity contribution in [2.75, 3.05) is 19.8 Å². The van der Waals surface area contributed by atoms with Gasteiger partial charge >= 0.3 is 0 Å². The van der Waals surface area contributed by atoms with Crippen molar-refractivity contribution >= 4 is 16.7 Å². The number of carbonyl (C=O) groups excluding carboxylic acids is 1. The van der Waals surface area contributed by atoms with Crippen LogP contribution < -0.4 is 14.8 Å². The maximum atomic E-state index is 11.9. The molecule has 0 saturated carbocycles. The summed E-state index contributed by atoms with van der Waals surface area (Å²) in [5.74, 6) is 1.35. The predicted octanol–water partition coefficient (Wildman–Crippen LogP) is 4.03. The van der Waals surface area contributed by atoms with E-state index in [1.165, 1.54) is 5.39 Å². The Balaban J connectivity index is 1.40. The zero-order valence-corrected chi connectivity index (χ0v) is 15.1. The fraction of sp³-hybridized carbons (Fsp3) is 0.227. The van der Waals surface area contributed by atoms with Crippen LogP contribution in [0.25, 0.3) is 10.8 Å². The summed E-state index contributed by atoms with van der Waals surface area (Å²) in [6, 6.07) is 20.0. The van der Waals surface area contributed by atoms with Crippen LogP contribution in [0.1, 0.15) is 11.1 Å². The number of aryl methyl sites for hydroxylation is 2. The van der Waals surface area contributed by atoms with Gasteiger partial charge in [-0.25, -0.2) is 0 Å². The lowest BCUT2D eigenvalue weighted by atomic mass is 10.1. The van der Waals surface area contributed by atoms with E-state index < -0.39 is 0 Å². The SMILES string of the molecule is Cc1cc(C)cc(OCC(=O)NCCOc2ccc3ccccc3c2)c1. The molecule has 134 valence electrons. The number of hydrogen-bond donors (Lipinski definition) is 1. The van der Waals surface area contributed by atoms with Crippen LogP contribution in [0.15, 0.2) is 60.7 Å². The summed E-state index contributed by atoms with van der Waals surface area (Å²) < 4.78 is 11.2. The molecule has 1 N–H and O–H groups in total. The quantitative estimate of drug-likeness (QED) is 0.655. The molecule has 0 aliphatic heterocycles. The average Bonchev–Trinajstić information content (AvgIpc) is 2.63. The number of rotatable bonds is 7. The molecule has 0 radical (unpaired) electrons. The van der Waals surface area contributed by atoms with E-state index >= 15 is 0 Å². The average molecular weight is 349 g/mol. The summed E-state index contributed by atoms with van der Waals surface area (Å²) >= 11 is 0. The zero-order chi connectivity index (χ0) is 18.4. The summed E-state index contributed by atoms with van der Waals surface area (Å²) in [7, 11) is 0. The minimum absolute atomic E-state index is 0.00112. The first kappa shape index (κ1) is 17.8. The van der Waals surface area contributed by atoms with Gasteiger partial charge in [-0.05, 0) is 60.0 Å². The first-order valence-corrected chi connectivity index (χ1v) is 8.69. The Kier molecular flexibility index (Phi) is 5.74. The molecular weight excluding hydrogens is 326 g/mol. The number of amides is 1. The van der Waals surface area contributed by atoms with Crippen molar-refractivity contribution in [3.8, 4) is 11.5 Å². The first-order valence-electron chi connectivity index (χ1n) is 8.69. The van der Waals surface area contributed by atoms with E-state index in [-0.39, 0.29) is 12.5 Å². The molecule has 3 aromatic rings. The van der Waals surface area contributed by atoms with Gasteiger partial charge in [0, 0.05) is 0 Å². The minimum Gasteiger partial charge on any atom is -0.492 e. The normalized spacial score (nSPS) is 10.5. The van der Waals surface area contributed by atoms with Gasteiger partial charge in [0.2, 0.25) is 0 Å². The second-order valence-corrected chi connectivity index (χ2v) is 6.32. The van der Waals surface area contributed by atoms with E-state index in [0.717, 1.165) is 22.3 Å². The lowest BCUT2D eigenvalue weighted by molar-refractivity contribution is -0.123. The fourth-order valence-corrected chi connectivity index (χ4v) is 2.83. The molecule has 0 spiro atoms. The van der Waals surface area contributed by atoms with Gasteiger partial charge in [-0.1, -0.05) is 36.4 Å². The Labute approximate surface area is 153 Å². The molecule has 0 aliphatic carbocycles. The standard InChI is InChI=1S/C22H23NO3/c1-16-11-17(2)13-21(12-16)26-15-22(24)23-9-10-25-20-8-7-18-5-3-4-6-19(18)14-20/h3-8,11-14H,9-10,15H2,1-2H3,(H,23,24). The van der Waals surface area contributed by atoms with Crippen molar-refractivity contribution in [2.24, 2.45) is 0 Å². The maximum Gasteiger partial charge on any atom is 0.258 e. The van der Waals surface area contributed by atoms with Crippen molar-refractivity contribution in [1.29, 1.82) is 0 Å². The van der Waals surface area contributed by atoms with Crippen LogP contribution in [-0.2, 0) is 4.79 Å². The molecule has 0 saturated heterocycles. The van der Waals surface area contributed by atoms with Gasteiger partial charge in [0.05, 0.1) is 6.54 Å². The number of nitrogens with one attached hydrogen (secondary N) is 1. The fourth-order valence-electron chi connectivity index (χ4n) is 2.83. The number of carbonyl (C=O) groups is 1. The van der Waals surface area contributed by atoms with E-state index in [0.29, 0.717) is 18.9 Å². The molecule has 3 aromatic carbocycles. The van der Waals surface area contributed by atoms with Gasteiger partial charge < -0.3 is 14.8 Å². The van der Waals surface area contributed by atoms with Crippen LogP contribution in [0, 0.1) is 13.8 Å². The molecule has 3 rings (SSSR count). The van der Waals surface area contributed by atoms with Crippen molar-refractivity contribution in [1.82, 2.24) is 5.32 Å². The van der Waals surface area contributed by atoms with Crippen LogP contribution in [-0.4, -0.2) is 25.7 Å². The Bertz CT molecular complexity index is 885. The van der Waals surface area contributed by atoms with Gasteiger partial charge in [-0.2, -0.15) is 0 Å².